The van der Waals surface area contributed by atoms with Gasteiger partial charge in [0.1, 0.15) is 0 Å². The summed E-state index contributed by atoms with van der Waals surface area (Å²) in [5.41, 5.74) is 0. The summed E-state index contributed by atoms with van der Waals surface area (Å²) >= 11 is 4.08. The molecule has 0 atom stereocenters. The summed E-state index contributed by atoms with van der Waals surface area (Å²) in [7, 11) is 0. The van der Waals surface area contributed by atoms with Crippen molar-refractivity contribution in [3.63, 3.8) is 0 Å². The van der Waals surface area contributed by atoms with Gasteiger partial charge in [0.15, 0.2) is 0 Å². The Balaban J connectivity index is 2.48. The molecule has 0 unspecified atom stereocenters. The molecule has 1 aromatic heterocycles. The minimum atomic E-state index is 0.647. The van der Waals surface area contributed by atoms with Crippen molar-refractivity contribution < 1.29 is 0 Å². The molecule has 0 bridgehead atoms. The van der Waals surface area contributed by atoms with Crippen LogP contribution in [-0.4, -0.2) is 16.5 Å². The molecule has 0 spiro atoms. The van der Waals surface area contributed by atoms with Crippen LogP contribution in [-0.2, 0) is 0 Å². The van der Waals surface area contributed by atoms with E-state index in [2.05, 4.69) is 41.8 Å². The summed E-state index contributed by atoms with van der Waals surface area (Å²) < 4.78 is 0. The smallest absolute Gasteiger partial charge is 0.222 e. The predicted octanol–water partition coefficient (Wildman–Crippen LogP) is 1.79. The zero-order valence-corrected chi connectivity index (χ0v) is 8.10. The Bertz CT molecular complexity index is 233. The van der Waals surface area contributed by atoms with E-state index in [0.717, 1.165) is 11.4 Å². The largest absolute Gasteiger partial charge is 0.354 e. The van der Waals surface area contributed by atoms with Gasteiger partial charge in [-0.3, -0.25) is 0 Å². The molecule has 1 rings (SSSR count). The van der Waals surface area contributed by atoms with Gasteiger partial charge in [0.05, 0.1) is 0 Å². The first kappa shape index (κ1) is 9.32. The second-order valence-electron chi connectivity index (χ2n) is 2.83. The lowest BCUT2D eigenvalue weighted by molar-refractivity contribution is 0.970. The molecule has 0 saturated heterocycles. The van der Waals surface area contributed by atoms with Crippen molar-refractivity contribution >= 4 is 18.6 Å². The first-order valence-corrected chi connectivity index (χ1v) is 4.17. The first-order chi connectivity index (χ1) is 5.68. The molecular weight excluding hydrogens is 170 g/mol. The molecule has 1 heterocycles. The number of hydrogen-bond acceptors (Lipinski definition) is 4. The third-order valence-electron chi connectivity index (χ3n) is 1.24. The van der Waals surface area contributed by atoms with Crippen LogP contribution in [0.25, 0.3) is 0 Å². The van der Waals surface area contributed by atoms with Crippen LogP contribution >= 0.6 is 12.6 Å². The number of aromatic nitrogens is 2. The van der Waals surface area contributed by atoms with E-state index in [1.165, 1.54) is 5.92 Å². The molecule has 0 aromatic carbocycles. The average molecular weight is 182 g/mol. The van der Waals surface area contributed by atoms with Gasteiger partial charge in [-0.1, -0.05) is 13.8 Å². The third-order valence-corrected chi connectivity index (χ3v) is 1.47. The molecule has 0 amide bonds. The fourth-order valence-electron chi connectivity index (χ4n) is 0.668. The minimum Gasteiger partial charge on any atom is -0.354 e. The van der Waals surface area contributed by atoms with E-state index in [9.17, 15) is 0 Å². The van der Waals surface area contributed by atoms with Crippen molar-refractivity contribution in [3.8, 4) is 0 Å². The Morgan fingerprint density at radius 1 is 1.42 bits per heavy atom. The van der Waals surface area contributed by atoms with Gasteiger partial charge in [-0.05, 0) is 5.92 Å². The Morgan fingerprint density at radius 3 is 2.50 bits per heavy atom. The fourth-order valence-corrected chi connectivity index (χ4v) is 0.784. The van der Waals surface area contributed by atoms with E-state index in [1.54, 1.807) is 12.4 Å². The highest BCUT2D eigenvalue weighted by atomic mass is 32.1. The molecule has 1 radical (unpaired) electrons. The summed E-state index contributed by atoms with van der Waals surface area (Å²) in [5.74, 6) is 1.95. The topological polar surface area (TPSA) is 37.8 Å². The maximum absolute atomic E-state index is 4.08. The van der Waals surface area contributed by atoms with E-state index in [4.69, 9.17) is 0 Å². The quantitative estimate of drug-likeness (QED) is 0.700. The van der Waals surface area contributed by atoms with E-state index in [1.807, 2.05) is 0 Å². The van der Waals surface area contributed by atoms with Crippen LogP contribution in [0.15, 0.2) is 17.3 Å². The van der Waals surface area contributed by atoms with E-state index in [0.29, 0.717) is 5.95 Å². The fraction of sp³-hybridized carbons (Fsp3) is 0.375. The predicted molar refractivity (Wildman–Crippen MR) is 52.4 cm³/mol. The van der Waals surface area contributed by atoms with Crippen molar-refractivity contribution in [3.05, 3.63) is 18.3 Å². The number of nitrogens with zero attached hydrogens (tertiary/aromatic N) is 2. The van der Waals surface area contributed by atoms with Crippen molar-refractivity contribution in [1.82, 2.24) is 9.97 Å². The van der Waals surface area contributed by atoms with Gasteiger partial charge in [0.25, 0.3) is 0 Å². The van der Waals surface area contributed by atoms with Crippen LogP contribution in [0.1, 0.15) is 13.8 Å². The van der Waals surface area contributed by atoms with E-state index < -0.39 is 0 Å². The summed E-state index contributed by atoms with van der Waals surface area (Å²) in [5, 5.41) is 3.08. The Labute approximate surface area is 78.0 Å². The Morgan fingerprint density at radius 2 is 2.00 bits per heavy atom. The van der Waals surface area contributed by atoms with Gasteiger partial charge >= 0.3 is 0 Å². The van der Waals surface area contributed by atoms with Gasteiger partial charge < -0.3 is 5.32 Å². The van der Waals surface area contributed by atoms with E-state index >= 15 is 0 Å². The van der Waals surface area contributed by atoms with Gasteiger partial charge in [0.2, 0.25) is 5.95 Å². The molecule has 12 heavy (non-hydrogen) atoms. The summed E-state index contributed by atoms with van der Waals surface area (Å²) in [4.78, 5) is 8.85. The second kappa shape index (κ2) is 4.30. The number of nitrogens with one attached hydrogen (secondary N) is 1. The highest BCUT2D eigenvalue weighted by Gasteiger charge is 1.96. The molecule has 65 valence electrons. The lowest BCUT2D eigenvalue weighted by Gasteiger charge is -2.05. The molecule has 1 aromatic rings. The number of rotatable bonds is 3. The zero-order chi connectivity index (χ0) is 8.97. The monoisotopic (exact) mass is 182 g/mol. The maximum Gasteiger partial charge on any atom is 0.222 e. The van der Waals surface area contributed by atoms with Crippen LogP contribution in [0, 0.1) is 5.92 Å². The molecule has 0 aliphatic rings. The molecule has 1 N–H and O–H groups in total. The van der Waals surface area contributed by atoms with Crippen molar-refractivity contribution in [2.75, 3.05) is 11.9 Å². The maximum atomic E-state index is 4.08. The van der Waals surface area contributed by atoms with Crippen LogP contribution in [0.5, 0.6) is 0 Å². The highest BCUT2D eigenvalue weighted by Crippen LogP contribution is 2.04. The molecule has 4 heteroatoms. The Hall–Kier alpha value is -0.770. The zero-order valence-electron chi connectivity index (χ0n) is 7.20. The summed E-state index contributed by atoms with van der Waals surface area (Å²) in [6.45, 7) is 4.92. The highest BCUT2D eigenvalue weighted by molar-refractivity contribution is 7.80. The van der Waals surface area contributed by atoms with Gasteiger partial charge in [-0.2, -0.15) is 0 Å². The minimum absolute atomic E-state index is 0.647. The lowest BCUT2D eigenvalue weighted by atomic mass is 10.2. The van der Waals surface area contributed by atoms with Gasteiger partial charge in [-0.25, -0.2) is 9.97 Å². The summed E-state index contributed by atoms with van der Waals surface area (Å²) in [6, 6.07) is 0. The normalized spacial score (nSPS) is 10.3. The summed E-state index contributed by atoms with van der Waals surface area (Å²) in [6.07, 6.45) is 3.34. The number of anilines is 1. The molecular formula is C8H12N3S. The number of hydrogen-bond donors (Lipinski definition) is 2. The molecule has 0 saturated carbocycles. The Kier molecular flexibility index (Phi) is 3.34. The number of thiol groups is 1. The SMILES string of the molecule is C[C](C)CNc1ncc(S)cn1. The van der Waals surface area contributed by atoms with Gasteiger partial charge in [-0.15, -0.1) is 12.6 Å². The van der Waals surface area contributed by atoms with Gasteiger partial charge in [0, 0.05) is 23.8 Å². The van der Waals surface area contributed by atoms with Crippen LogP contribution in [0.4, 0.5) is 5.95 Å². The molecule has 3 nitrogen and oxygen atoms in total. The van der Waals surface area contributed by atoms with Crippen molar-refractivity contribution in [2.45, 2.75) is 18.7 Å². The lowest BCUT2D eigenvalue weighted by Crippen LogP contribution is -2.08. The average Bonchev–Trinajstić information content (AvgIpc) is 2.03. The first-order valence-electron chi connectivity index (χ1n) is 3.72. The molecule has 0 aliphatic heterocycles. The standard InChI is InChI=1S/C8H12N3S/c1-6(2)3-9-8-10-4-7(12)5-11-8/h4-5,12H,3H2,1-2H3,(H,9,10,11). The van der Waals surface area contributed by atoms with E-state index in [-0.39, 0.29) is 0 Å². The molecule has 0 aliphatic carbocycles. The van der Waals surface area contributed by atoms with Crippen molar-refractivity contribution in [1.29, 1.82) is 0 Å². The second-order valence-corrected chi connectivity index (χ2v) is 3.34. The van der Waals surface area contributed by atoms with Crippen molar-refractivity contribution in [2.24, 2.45) is 0 Å². The van der Waals surface area contributed by atoms with Crippen LogP contribution in [0.3, 0.4) is 0 Å². The molecule has 0 fully saturated rings. The van der Waals surface area contributed by atoms with Crippen LogP contribution in [0.2, 0.25) is 0 Å². The van der Waals surface area contributed by atoms with Crippen LogP contribution < -0.4 is 5.32 Å². The third kappa shape index (κ3) is 3.09.